The average molecular weight is 475 g/mol. The topological polar surface area (TPSA) is 107 Å². The van der Waals surface area contributed by atoms with Gasteiger partial charge in [-0.05, 0) is 28.8 Å². The Morgan fingerprint density at radius 2 is 1.22 bits per heavy atom. The van der Waals surface area contributed by atoms with Crippen molar-refractivity contribution in [1.82, 2.24) is 0 Å². The van der Waals surface area contributed by atoms with Crippen LogP contribution < -0.4 is 8.37 Å². The number of hydrogen-bond donors (Lipinski definition) is 1. The predicted octanol–water partition coefficient (Wildman–Crippen LogP) is 3.72. The van der Waals surface area contributed by atoms with E-state index in [1.807, 2.05) is 0 Å². The van der Waals surface area contributed by atoms with Crippen LogP contribution in [0.25, 0.3) is 0 Å². The molecule has 3 rings (SSSR count). The largest absolute Gasteiger partial charge is 0.384 e. The van der Waals surface area contributed by atoms with Gasteiger partial charge in [-0.1, -0.05) is 72.8 Å². The van der Waals surface area contributed by atoms with Gasteiger partial charge in [0.2, 0.25) is 0 Å². The zero-order valence-electron chi connectivity index (χ0n) is 17.0. The molecule has 3 aromatic rings. The van der Waals surface area contributed by atoms with Crippen LogP contribution in [-0.2, 0) is 31.7 Å². The van der Waals surface area contributed by atoms with Gasteiger partial charge in [0, 0.05) is 0 Å². The maximum Gasteiger partial charge on any atom is 0.313 e. The van der Waals surface area contributed by atoms with Gasteiger partial charge in [0.15, 0.2) is 11.5 Å². The van der Waals surface area contributed by atoms with Gasteiger partial charge in [-0.3, -0.25) is 0 Å². The van der Waals surface area contributed by atoms with Gasteiger partial charge in [0.25, 0.3) is 0 Å². The third kappa shape index (κ3) is 6.68. The fraction of sp³-hybridized carbons (Fsp3) is 0.130. The maximum absolute atomic E-state index is 12.6. The molecule has 0 aromatic heterocycles. The summed E-state index contributed by atoms with van der Waals surface area (Å²) in [6, 6.07) is 20.6. The van der Waals surface area contributed by atoms with Crippen molar-refractivity contribution in [2.24, 2.45) is 0 Å². The summed E-state index contributed by atoms with van der Waals surface area (Å²) in [6.07, 6.45) is 0.133. The van der Waals surface area contributed by atoms with Gasteiger partial charge >= 0.3 is 20.2 Å². The smallest absolute Gasteiger partial charge is 0.313 e. The molecule has 0 aliphatic heterocycles. The molecule has 1 unspecified atom stereocenters. The normalized spacial score (nSPS) is 12.7. The summed E-state index contributed by atoms with van der Waals surface area (Å²) in [5.41, 5.74) is 1.26. The van der Waals surface area contributed by atoms with E-state index in [-0.39, 0.29) is 17.1 Å². The monoisotopic (exact) mass is 474 g/mol. The molecule has 0 bridgehead atoms. The minimum Gasteiger partial charge on any atom is -0.384 e. The van der Waals surface area contributed by atoms with E-state index in [0.29, 0.717) is 11.1 Å². The third-order valence-corrected chi connectivity index (χ3v) is 6.58. The molecule has 9 heteroatoms. The molecule has 0 radical (unpaired) electrons. The Balaban J connectivity index is 1.91. The molecule has 7 nitrogen and oxygen atoms in total. The Morgan fingerprint density at radius 3 is 1.69 bits per heavy atom. The van der Waals surface area contributed by atoms with Crippen molar-refractivity contribution in [3.05, 3.63) is 108 Å². The average Bonchev–Trinajstić information content (AvgIpc) is 2.74. The molecule has 0 amide bonds. The van der Waals surface area contributed by atoms with E-state index in [4.69, 9.17) is 8.37 Å². The van der Waals surface area contributed by atoms with Crippen LogP contribution in [0.3, 0.4) is 0 Å². The summed E-state index contributed by atoms with van der Waals surface area (Å²) in [4.78, 5) is 0. The van der Waals surface area contributed by atoms with Crippen molar-refractivity contribution in [2.75, 3.05) is 0 Å². The van der Waals surface area contributed by atoms with Crippen LogP contribution in [0, 0.1) is 0 Å². The third-order valence-electron chi connectivity index (χ3n) is 4.34. The van der Waals surface area contributed by atoms with Crippen LogP contribution in [-0.4, -0.2) is 21.9 Å². The molecule has 0 fully saturated rings. The lowest BCUT2D eigenvalue weighted by molar-refractivity contribution is 0.228. The van der Waals surface area contributed by atoms with Gasteiger partial charge in [-0.2, -0.15) is 16.8 Å². The van der Waals surface area contributed by atoms with Crippen LogP contribution in [0.4, 0.5) is 0 Å². The van der Waals surface area contributed by atoms with Gasteiger partial charge < -0.3 is 13.5 Å². The van der Waals surface area contributed by atoms with Gasteiger partial charge in [0.05, 0.1) is 6.10 Å². The van der Waals surface area contributed by atoms with Crippen LogP contribution >= 0.6 is 0 Å². The summed E-state index contributed by atoms with van der Waals surface area (Å²) >= 11 is 0. The summed E-state index contributed by atoms with van der Waals surface area (Å²) < 4.78 is 60.7. The lowest BCUT2D eigenvalue weighted by Gasteiger charge is -2.15. The van der Waals surface area contributed by atoms with Crippen LogP contribution in [0.2, 0.25) is 0 Å². The number of rotatable bonds is 10. The van der Waals surface area contributed by atoms with Crippen molar-refractivity contribution in [3.63, 3.8) is 0 Å². The van der Waals surface area contributed by atoms with E-state index < -0.39 is 37.8 Å². The predicted molar refractivity (Wildman–Crippen MR) is 121 cm³/mol. The second-order valence-corrected chi connectivity index (χ2v) is 10.1. The molecule has 168 valence electrons. The van der Waals surface area contributed by atoms with Crippen molar-refractivity contribution in [1.29, 1.82) is 0 Å². The van der Waals surface area contributed by atoms with Gasteiger partial charge in [-0.15, -0.1) is 6.58 Å². The molecule has 3 aromatic carbocycles. The Hall–Kier alpha value is -3.14. The molecule has 1 N–H and O–H groups in total. The fourth-order valence-electron chi connectivity index (χ4n) is 2.87. The van der Waals surface area contributed by atoms with Crippen molar-refractivity contribution < 1.29 is 30.3 Å². The summed E-state index contributed by atoms with van der Waals surface area (Å²) in [5.74, 6) is -1.51. The first-order valence-corrected chi connectivity index (χ1v) is 12.7. The minimum atomic E-state index is -4.16. The minimum absolute atomic E-state index is 0.262. The summed E-state index contributed by atoms with van der Waals surface area (Å²) in [7, 11) is -8.28. The van der Waals surface area contributed by atoms with Crippen molar-refractivity contribution in [2.45, 2.75) is 17.6 Å². The first-order valence-electron chi connectivity index (χ1n) is 9.54. The highest BCUT2D eigenvalue weighted by Crippen LogP contribution is 2.34. The maximum atomic E-state index is 12.6. The van der Waals surface area contributed by atoms with Crippen molar-refractivity contribution in [3.8, 4) is 11.5 Å². The molecule has 32 heavy (non-hydrogen) atoms. The Bertz CT molecular complexity index is 1270. The Kier molecular flexibility index (Phi) is 7.34. The van der Waals surface area contributed by atoms with Gasteiger partial charge in [0.1, 0.15) is 11.5 Å². The van der Waals surface area contributed by atoms with Crippen LogP contribution in [0.5, 0.6) is 11.5 Å². The van der Waals surface area contributed by atoms with E-state index in [2.05, 4.69) is 6.58 Å². The molecular weight excluding hydrogens is 452 g/mol. The highest BCUT2D eigenvalue weighted by Gasteiger charge is 2.23. The molecule has 0 saturated carbocycles. The standard InChI is InChI=1S/C23H22O7S2/c1-2-21(24)20-13-14-22(29-31(25,26)16-18-9-5-3-6-10-18)23(15-20)30-32(27,28)17-19-11-7-4-8-12-19/h2-15,21,24H,1,16-17H2. The summed E-state index contributed by atoms with van der Waals surface area (Å²) in [5, 5.41) is 10.0. The van der Waals surface area contributed by atoms with Crippen molar-refractivity contribution >= 4 is 20.2 Å². The Labute approximate surface area is 187 Å². The quantitative estimate of drug-likeness (QED) is 0.352. The fourth-order valence-corrected chi connectivity index (χ4v) is 5.00. The molecule has 1 atom stereocenters. The second kappa shape index (κ2) is 9.99. The van der Waals surface area contributed by atoms with E-state index in [9.17, 15) is 21.9 Å². The van der Waals surface area contributed by atoms with Gasteiger partial charge in [-0.25, -0.2) is 0 Å². The Morgan fingerprint density at radius 1 is 0.750 bits per heavy atom. The number of benzene rings is 3. The summed E-state index contributed by atoms with van der Waals surface area (Å²) in [6.45, 7) is 3.49. The SMILES string of the molecule is C=CC(O)c1ccc(OS(=O)(=O)Cc2ccccc2)c(OS(=O)(=O)Cc2ccccc2)c1. The molecule has 0 spiro atoms. The highest BCUT2D eigenvalue weighted by molar-refractivity contribution is 7.86. The molecule has 0 aliphatic rings. The number of aliphatic hydroxyl groups is 1. The van der Waals surface area contributed by atoms with E-state index in [1.165, 1.54) is 24.3 Å². The highest BCUT2D eigenvalue weighted by atomic mass is 32.2. The lowest BCUT2D eigenvalue weighted by Crippen LogP contribution is -2.16. The lowest BCUT2D eigenvalue weighted by atomic mass is 10.1. The first kappa shape index (κ1) is 23.5. The second-order valence-electron chi connectivity index (χ2n) is 6.93. The molecule has 0 heterocycles. The number of aliphatic hydroxyl groups excluding tert-OH is 1. The zero-order valence-corrected chi connectivity index (χ0v) is 18.6. The van der Waals surface area contributed by atoms with E-state index in [0.717, 1.165) is 0 Å². The van der Waals surface area contributed by atoms with Crippen LogP contribution in [0.15, 0.2) is 91.5 Å². The number of hydrogen-bond acceptors (Lipinski definition) is 7. The molecule has 0 aliphatic carbocycles. The van der Waals surface area contributed by atoms with Crippen LogP contribution in [0.1, 0.15) is 22.8 Å². The zero-order chi connectivity index (χ0) is 23.2. The van der Waals surface area contributed by atoms with E-state index in [1.54, 1.807) is 60.7 Å². The first-order chi connectivity index (χ1) is 15.2. The molecule has 0 saturated heterocycles. The van der Waals surface area contributed by atoms with E-state index >= 15 is 0 Å². The molecular formula is C23H22O7S2.